The minimum absolute atomic E-state index is 0.726. The first-order chi connectivity index (χ1) is 9.74. The van der Waals surface area contributed by atoms with Crippen molar-refractivity contribution in [3.8, 4) is 5.82 Å². The first-order valence-electron chi connectivity index (χ1n) is 6.17. The van der Waals surface area contributed by atoms with Crippen LogP contribution < -0.4 is 5.32 Å². The number of anilines is 1. The Hall–Kier alpha value is -1.85. The number of halogens is 1. The number of hydrogen-bond acceptors (Lipinski definition) is 4. The quantitative estimate of drug-likeness (QED) is 0.795. The third kappa shape index (κ3) is 2.69. The first kappa shape index (κ1) is 13.1. The number of nitrogens with zero attached hydrogens (tertiary/aromatic N) is 3. The lowest BCUT2D eigenvalue weighted by Gasteiger charge is -2.11. The van der Waals surface area contributed by atoms with Gasteiger partial charge in [0, 0.05) is 30.0 Å². The van der Waals surface area contributed by atoms with E-state index < -0.39 is 0 Å². The number of imidazole rings is 1. The van der Waals surface area contributed by atoms with Crippen LogP contribution >= 0.6 is 22.9 Å². The van der Waals surface area contributed by atoms with Crippen molar-refractivity contribution in [2.75, 3.05) is 5.32 Å². The van der Waals surface area contributed by atoms with Gasteiger partial charge in [-0.05, 0) is 31.2 Å². The van der Waals surface area contributed by atoms with Gasteiger partial charge in [0.15, 0.2) is 5.82 Å². The molecule has 0 aromatic carbocycles. The second kappa shape index (κ2) is 5.64. The zero-order valence-electron chi connectivity index (χ0n) is 10.9. The van der Waals surface area contributed by atoms with E-state index in [1.807, 2.05) is 42.0 Å². The molecular weight excluding hydrogens is 292 g/mol. The molecule has 1 N–H and O–H groups in total. The topological polar surface area (TPSA) is 42.7 Å². The van der Waals surface area contributed by atoms with Crippen molar-refractivity contribution in [3.05, 3.63) is 57.9 Å². The average Bonchev–Trinajstić information content (AvgIpc) is 3.05. The van der Waals surface area contributed by atoms with Crippen molar-refractivity contribution in [1.82, 2.24) is 14.5 Å². The van der Waals surface area contributed by atoms with E-state index in [0.717, 1.165) is 28.2 Å². The third-order valence-electron chi connectivity index (χ3n) is 2.92. The minimum Gasteiger partial charge on any atom is -0.377 e. The van der Waals surface area contributed by atoms with E-state index in [1.165, 1.54) is 4.88 Å². The summed E-state index contributed by atoms with van der Waals surface area (Å²) in [5.74, 6) is 1.76. The number of aromatic nitrogens is 3. The summed E-state index contributed by atoms with van der Waals surface area (Å²) in [5.41, 5.74) is 0.970. The van der Waals surface area contributed by atoms with Crippen LogP contribution in [-0.2, 0) is 6.54 Å². The fourth-order valence-corrected chi connectivity index (χ4v) is 2.99. The van der Waals surface area contributed by atoms with Crippen LogP contribution in [0.3, 0.4) is 0 Å². The van der Waals surface area contributed by atoms with Gasteiger partial charge in [0.1, 0.15) is 5.82 Å². The lowest BCUT2D eigenvalue weighted by molar-refractivity contribution is 0.930. The van der Waals surface area contributed by atoms with Crippen LogP contribution in [0.25, 0.3) is 5.82 Å². The fraction of sp³-hybridized carbons (Fsp3) is 0.143. The highest BCUT2D eigenvalue weighted by molar-refractivity contribution is 7.16. The smallest absolute Gasteiger partial charge is 0.161 e. The van der Waals surface area contributed by atoms with Crippen molar-refractivity contribution < 1.29 is 0 Å². The molecule has 20 heavy (non-hydrogen) atoms. The molecule has 0 aliphatic rings. The molecule has 0 amide bonds. The van der Waals surface area contributed by atoms with Crippen molar-refractivity contribution >= 4 is 28.6 Å². The maximum atomic E-state index is 5.94. The fourth-order valence-electron chi connectivity index (χ4n) is 1.96. The molecule has 6 heteroatoms. The van der Waals surface area contributed by atoms with Gasteiger partial charge in [0.2, 0.25) is 0 Å². The summed E-state index contributed by atoms with van der Waals surface area (Å²) >= 11 is 7.52. The summed E-state index contributed by atoms with van der Waals surface area (Å²) in [4.78, 5) is 9.86. The molecule has 0 unspecified atom stereocenters. The third-order valence-corrected chi connectivity index (χ3v) is 4.15. The second-order valence-corrected chi connectivity index (χ2v) is 6.08. The molecule has 0 fully saturated rings. The van der Waals surface area contributed by atoms with E-state index in [0.29, 0.717) is 0 Å². The molecule has 3 aromatic rings. The van der Waals surface area contributed by atoms with Crippen molar-refractivity contribution in [1.29, 1.82) is 0 Å². The number of hydrogen-bond donors (Lipinski definition) is 1. The average molecular weight is 305 g/mol. The maximum Gasteiger partial charge on any atom is 0.161 e. The highest BCUT2D eigenvalue weighted by Gasteiger charge is 2.08. The molecular formula is C14H13ClN4S. The Morgan fingerprint density at radius 1 is 1.25 bits per heavy atom. The molecule has 0 saturated carbocycles. The van der Waals surface area contributed by atoms with Crippen molar-refractivity contribution in [2.45, 2.75) is 13.5 Å². The number of pyridine rings is 1. The lowest BCUT2D eigenvalue weighted by Crippen LogP contribution is -2.06. The Labute approximate surface area is 126 Å². The second-order valence-electron chi connectivity index (χ2n) is 4.28. The van der Waals surface area contributed by atoms with Gasteiger partial charge in [0.25, 0.3) is 0 Å². The molecule has 0 radical (unpaired) electrons. The predicted octanol–water partition coefficient (Wildman–Crippen LogP) is 3.90. The highest BCUT2D eigenvalue weighted by atomic mass is 35.5. The summed E-state index contributed by atoms with van der Waals surface area (Å²) < 4.78 is 2.77. The van der Waals surface area contributed by atoms with E-state index in [2.05, 4.69) is 15.3 Å². The molecule has 3 rings (SSSR count). The summed E-state index contributed by atoms with van der Waals surface area (Å²) in [6, 6.07) is 7.86. The van der Waals surface area contributed by atoms with Gasteiger partial charge in [-0.2, -0.15) is 0 Å². The summed E-state index contributed by atoms with van der Waals surface area (Å²) in [6.07, 6.45) is 5.46. The molecule has 0 aliphatic heterocycles. The molecule has 0 aliphatic carbocycles. The van der Waals surface area contributed by atoms with Crippen LogP contribution in [-0.4, -0.2) is 14.5 Å². The van der Waals surface area contributed by atoms with Gasteiger partial charge >= 0.3 is 0 Å². The van der Waals surface area contributed by atoms with Crippen LogP contribution in [0.5, 0.6) is 0 Å². The monoisotopic (exact) mass is 304 g/mol. The Bertz CT molecular complexity index is 719. The number of aryl methyl sites for hydroxylation is 1. The first-order valence-corrected chi connectivity index (χ1v) is 7.37. The van der Waals surface area contributed by atoms with Crippen molar-refractivity contribution in [3.63, 3.8) is 0 Å². The Kier molecular flexibility index (Phi) is 3.71. The molecule has 3 heterocycles. The molecule has 4 nitrogen and oxygen atoms in total. The van der Waals surface area contributed by atoms with Crippen LogP contribution in [0.15, 0.2) is 42.9 Å². The number of thiophene rings is 1. The van der Waals surface area contributed by atoms with Crippen LogP contribution in [0.2, 0.25) is 4.34 Å². The molecule has 102 valence electrons. The Morgan fingerprint density at radius 2 is 2.15 bits per heavy atom. The highest BCUT2D eigenvalue weighted by Crippen LogP contribution is 2.24. The summed E-state index contributed by atoms with van der Waals surface area (Å²) in [5, 5.41) is 3.40. The van der Waals surface area contributed by atoms with E-state index in [-0.39, 0.29) is 0 Å². The van der Waals surface area contributed by atoms with Gasteiger partial charge in [-0.3, -0.25) is 4.57 Å². The predicted molar refractivity (Wildman–Crippen MR) is 82.8 cm³/mol. The summed E-state index contributed by atoms with van der Waals surface area (Å²) in [6.45, 7) is 2.68. The van der Waals surface area contributed by atoms with Gasteiger partial charge in [-0.25, -0.2) is 9.97 Å². The Balaban J connectivity index is 1.85. The van der Waals surface area contributed by atoms with Gasteiger partial charge in [0.05, 0.1) is 10.0 Å². The van der Waals surface area contributed by atoms with Crippen molar-refractivity contribution in [2.24, 2.45) is 0 Å². The zero-order chi connectivity index (χ0) is 13.9. The summed E-state index contributed by atoms with van der Waals surface area (Å²) in [7, 11) is 0. The lowest BCUT2D eigenvalue weighted by atomic mass is 10.3. The van der Waals surface area contributed by atoms with Gasteiger partial charge < -0.3 is 5.32 Å². The van der Waals surface area contributed by atoms with E-state index in [9.17, 15) is 0 Å². The number of rotatable bonds is 4. The molecule has 0 atom stereocenters. The normalized spacial score (nSPS) is 10.7. The van der Waals surface area contributed by atoms with E-state index in [4.69, 9.17) is 11.6 Å². The number of nitrogens with one attached hydrogen (secondary N) is 1. The largest absolute Gasteiger partial charge is 0.377 e. The standard InChI is InChI=1S/C14H13ClN4S/c1-10-16-7-8-19(10)14-12(3-2-6-17-14)18-9-11-4-5-13(15)20-11/h2-8,18H,9H2,1H3. The maximum absolute atomic E-state index is 5.94. The van der Waals surface area contributed by atoms with Gasteiger partial charge in [-0.15, -0.1) is 11.3 Å². The van der Waals surface area contributed by atoms with E-state index in [1.54, 1.807) is 23.7 Å². The SMILES string of the molecule is Cc1nccn1-c1ncccc1NCc1ccc(Cl)s1. The molecule has 3 aromatic heterocycles. The molecule has 0 spiro atoms. The van der Waals surface area contributed by atoms with Gasteiger partial charge in [-0.1, -0.05) is 11.6 Å². The Morgan fingerprint density at radius 3 is 2.85 bits per heavy atom. The minimum atomic E-state index is 0.726. The van der Waals surface area contributed by atoms with Crippen LogP contribution in [0.1, 0.15) is 10.7 Å². The van der Waals surface area contributed by atoms with E-state index >= 15 is 0 Å². The van der Waals surface area contributed by atoms with Crippen LogP contribution in [0.4, 0.5) is 5.69 Å². The molecule has 0 bridgehead atoms. The zero-order valence-corrected chi connectivity index (χ0v) is 12.4. The van der Waals surface area contributed by atoms with Crippen LogP contribution in [0, 0.1) is 6.92 Å². The molecule has 0 saturated heterocycles.